The number of carbonyl (C=O) groups is 1. The Morgan fingerprint density at radius 3 is 2.70 bits per heavy atom. The van der Waals surface area contributed by atoms with Crippen LogP contribution in [0, 0.1) is 19.7 Å². The number of benzene rings is 1. The van der Waals surface area contributed by atoms with Gasteiger partial charge in [0.25, 0.3) is 0 Å². The van der Waals surface area contributed by atoms with Crippen molar-refractivity contribution in [3.63, 3.8) is 0 Å². The highest BCUT2D eigenvalue weighted by Gasteiger charge is 2.16. The van der Waals surface area contributed by atoms with Crippen LogP contribution in [0.3, 0.4) is 0 Å². The molecule has 0 aliphatic heterocycles. The minimum Gasteiger partial charge on any atom is -0.383 e. The number of rotatable bonds is 7. The predicted molar refractivity (Wildman–Crippen MR) is 99.4 cm³/mol. The second-order valence-corrected chi connectivity index (χ2v) is 6.25. The van der Waals surface area contributed by atoms with E-state index < -0.39 is 0 Å². The molecular formula is C19H22FN5O2. The van der Waals surface area contributed by atoms with Gasteiger partial charge in [-0.2, -0.15) is 10.2 Å². The highest BCUT2D eigenvalue weighted by atomic mass is 19.1. The molecule has 2 heterocycles. The van der Waals surface area contributed by atoms with E-state index in [0.29, 0.717) is 18.8 Å². The Morgan fingerprint density at radius 1 is 1.26 bits per heavy atom. The van der Waals surface area contributed by atoms with Crippen molar-refractivity contribution >= 4 is 11.6 Å². The molecule has 1 amide bonds. The van der Waals surface area contributed by atoms with Crippen molar-refractivity contribution in [1.29, 1.82) is 0 Å². The molecule has 0 bridgehead atoms. The van der Waals surface area contributed by atoms with Crippen LogP contribution in [-0.2, 0) is 22.5 Å². The lowest BCUT2D eigenvalue weighted by molar-refractivity contribution is -0.115. The first-order valence-corrected chi connectivity index (χ1v) is 8.60. The van der Waals surface area contributed by atoms with Crippen LogP contribution in [0.5, 0.6) is 0 Å². The molecule has 3 aromatic rings. The van der Waals surface area contributed by atoms with E-state index in [1.54, 1.807) is 41.0 Å². The van der Waals surface area contributed by atoms with Gasteiger partial charge in [0, 0.05) is 24.6 Å². The summed E-state index contributed by atoms with van der Waals surface area (Å²) in [4.78, 5) is 12.4. The van der Waals surface area contributed by atoms with E-state index in [4.69, 9.17) is 4.74 Å². The molecule has 7 nitrogen and oxygen atoms in total. The molecule has 0 atom stereocenters. The average Bonchev–Trinajstić information content (AvgIpc) is 3.20. The number of aryl methyl sites for hydroxylation is 1. The lowest BCUT2D eigenvalue weighted by atomic mass is 10.1. The van der Waals surface area contributed by atoms with Gasteiger partial charge in [0.2, 0.25) is 5.91 Å². The van der Waals surface area contributed by atoms with Gasteiger partial charge in [0.05, 0.1) is 42.8 Å². The van der Waals surface area contributed by atoms with Gasteiger partial charge in [-0.25, -0.2) is 9.07 Å². The van der Waals surface area contributed by atoms with Gasteiger partial charge in [0.15, 0.2) is 0 Å². The van der Waals surface area contributed by atoms with Crippen molar-refractivity contribution in [1.82, 2.24) is 19.6 Å². The zero-order valence-electron chi connectivity index (χ0n) is 15.6. The maximum atomic E-state index is 13.1. The number of hydrogen-bond donors (Lipinski definition) is 1. The van der Waals surface area contributed by atoms with Crippen molar-refractivity contribution in [3.8, 4) is 5.69 Å². The third-order valence-electron chi connectivity index (χ3n) is 4.29. The standard InChI is InChI=1S/C19H22FN5O2/c1-13-18(14(2)25(23-13)17-6-4-15(20)5-7-17)10-19(26)22-16-11-21-24(12-16)8-9-27-3/h4-7,11-12H,8-10H2,1-3H3,(H,22,26). The number of nitrogens with one attached hydrogen (secondary N) is 1. The number of hydrogen-bond acceptors (Lipinski definition) is 4. The van der Waals surface area contributed by atoms with Crippen LogP contribution in [-0.4, -0.2) is 39.2 Å². The predicted octanol–water partition coefficient (Wildman–Crippen LogP) is 2.65. The smallest absolute Gasteiger partial charge is 0.229 e. The minimum atomic E-state index is -0.300. The normalized spacial score (nSPS) is 11.0. The topological polar surface area (TPSA) is 74.0 Å². The van der Waals surface area contributed by atoms with Crippen molar-refractivity contribution in [3.05, 3.63) is 59.4 Å². The van der Waals surface area contributed by atoms with Crippen molar-refractivity contribution in [2.45, 2.75) is 26.8 Å². The Bertz CT molecular complexity index is 930. The molecule has 0 unspecified atom stereocenters. The molecule has 0 saturated heterocycles. The van der Waals surface area contributed by atoms with Gasteiger partial charge in [-0.3, -0.25) is 9.48 Å². The number of aromatic nitrogens is 4. The molecule has 8 heteroatoms. The number of carbonyl (C=O) groups excluding carboxylic acids is 1. The molecule has 0 saturated carbocycles. The average molecular weight is 371 g/mol. The molecule has 0 spiro atoms. The van der Waals surface area contributed by atoms with Gasteiger partial charge in [0.1, 0.15) is 5.82 Å². The van der Waals surface area contributed by atoms with E-state index >= 15 is 0 Å². The summed E-state index contributed by atoms with van der Waals surface area (Å²) in [5.41, 5.74) is 3.86. The number of nitrogens with zero attached hydrogens (tertiary/aromatic N) is 4. The monoisotopic (exact) mass is 371 g/mol. The molecule has 2 aromatic heterocycles. The summed E-state index contributed by atoms with van der Waals surface area (Å²) < 4.78 is 21.6. The zero-order valence-corrected chi connectivity index (χ0v) is 15.6. The Hall–Kier alpha value is -3.00. The second kappa shape index (κ2) is 8.13. The van der Waals surface area contributed by atoms with Crippen LogP contribution < -0.4 is 5.32 Å². The lowest BCUT2D eigenvalue weighted by Gasteiger charge is -2.06. The molecule has 1 N–H and O–H groups in total. The van der Waals surface area contributed by atoms with Crippen LogP contribution in [0.25, 0.3) is 5.69 Å². The first kappa shape index (κ1) is 18.8. The number of methoxy groups -OCH3 is 1. The van der Waals surface area contributed by atoms with E-state index in [-0.39, 0.29) is 18.1 Å². The largest absolute Gasteiger partial charge is 0.383 e. The van der Waals surface area contributed by atoms with Crippen molar-refractivity contribution in [2.24, 2.45) is 0 Å². The summed E-state index contributed by atoms with van der Waals surface area (Å²) in [7, 11) is 1.63. The third-order valence-corrected chi connectivity index (χ3v) is 4.29. The summed E-state index contributed by atoms with van der Waals surface area (Å²) in [6, 6.07) is 6.10. The van der Waals surface area contributed by atoms with Crippen LogP contribution in [0.1, 0.15) is 17.0 Å². The molecule has 142 valence electrons. The fraction of sp³-hybridized carbons (Fsp3) is 0.316. The van der Waals surface area contributed by atoms with Gasteiger partial charge < -0.3 is 10.1 Å². The van der Waals surface area contributed by atoms with Gasteiger partial charge in [-0.1, -0.05) is 0 Å². The molecule has 3 rings (SSSR count). The summed E-state index contributed by atoms with van der Waals surface area (Å²) in [6.45, 7) is 4.93. The van der Waals surface area contributed by atoms with Crippen molar-refractivity contribution < 1.29 is 13.9 Å². The zero-order chi connectivity index (χ0) is 19.4. The number of amides is 1. The maximum absolute atomic E-state index is 13.1. The molecule has 27 heavy (non-hydrogen) atoms. The van der Waals surface area contributed by atoms with E-state index in [1.165, 1.54) is 12.1 Å². The second-order valence-electron chi connectivity index (χ2n) is 6.25. The summed E-state index contributed by atoms with van der Waals surface area (Å²) in [5, 5.41) is 11.5. The Kier molecular flexibility index (Phi) is 5.66. The number of ether oxygens (including phenoxy) is 1. The van der Waals surface area contributed by atoms with Crippen LogP contribution in [0.4, 0.5) is 10.1 Å². The molecule has 1 aromatic carbocycles. The van der Waals surface area contributed by atoms with E-state index in [9.17, 15) is 9.18 Å². The SMILES string of the molecule is COCCn1cc(NC(=O)Cc2c(C)nn(-c3ccc(F)cc3)c2C)cn1. The quantitative estimate of drug-likeness (QED) is 0.693. The fourth-order valence-corrected chi connectivity index (χ4v) is 2.87. The molecular weight excluding hydrogens is 349 g/mol. The van der Waals surface area contributed by atoms with E-state index in [1.807, 2.05) is 13.8 Å². The van der Waals surface area contributed by atoms with Gasteiger partial charge >= 0.3 is 0 Å². The summed E-state index contributed by atoms with van der Waals surface area (Å²) in [6.07, 6.45) is 3.57. The Labute approximate surface area is 156 Å². The van der Waals surface area contributed by atoms with Crippen LogP contribution in [0.2, 0.25) is 0 Å². The molecule has 0 fully saturated rings. The highest BCUT2D eigenvalue weighted by Crippen LogP contribution is 2.19. The minimum absolute atomic E-state index is 0.147. The maximum Gasteiger partial charge on any atom is 0.229 e. The first-order chi connectivity index (χ1) is 13.0. The highest BCUT2D eigenvalue weighted by molar-refractivity contribution is 5.92. The Morgan fingerprint density at radius 2 is 2.00 bits per heavy atom. The lowest BCUT2D eigenvalue weighted by Crippen LogP contribution is -2.15. The van der Waals surface area contributed by atoms with Gasteiger partial charge in [-0.15, -0.1) is 0 Å². The fourth-order valence-electron chi connectivity index (χ4n) is 2.87. The molecule has 0 aliphatic rings. The van der Waals surface area contributed by atoms with E-state index in [0.717, 1.165) is 22.6 Å². The Balaban J connectivity index is 1.71. The molecule has 0 radical (unpaired) electrons. The number of halogens is 1. The van der Waals surface area contributed by atoms with E-state index in [2.05, 4.69) is 15.5 Å². The van der Waals surface area contributed by atoms with Crippen molar-refractivity contribution in [2.75, 3.05) is 19.0 Å². The first-order valence-electron chi connectivity index (χ1n) is 8.60. The third kappa shape index (κ3) is 4.40. The molecule has 0 aliphatic carbocycles. The summed E-state index contributed by atoms with van der Waals surface area (Å²) >= 11 is 0. The summed E-state index contributed by atoms with van der Waals surface area (Å²) in [5.74, 6) is -0.447. The van der Waals surface area contributed by atoms with Gasteiger partial charge in [-0.05, 0) is 38.1 Å². The van der Waals surface area contributed by atoms with Crippen LogP contribution >= 0.6 is 0 Å². The number of anilines is 1. The van der Waals surface area contributed by atoms with Crippen LogP contribution in [0.15, 0.2) is 36.7 Å².